The summed E-state index contributed by atoms with van der Waals surface area (Å²) in [5.74, 6) is 0.0348. The number of carbonyl (C=O) groups is 1. The lowest BCUT2D eigenvalue weighted by Crippen LogP contribution is -2.20. The molecule has 2 aromatic carbocycles. The molecule has 0 saturated carbocycles. The van der Waals surface area contributed by atoms with Crippen LogP contribution in [0.2, 0.25) is 0 Å². The highest BCUT2D eigenvalue weighted by Crippen LogP contribution is 2.36. The minimum Gasteiger partial charge on any atom is -0.490 e. The molecule has 2 rings (SSSR count). The third kappa shape index (κ3) is 6.15. The van der Waals surface area contributed by atoms with Gasteiger partial charge in [0.15, 0.2) is 18.1 Å². The number of alkyl halides is 3. The van der Waals surface area contributed by atoms with Crippen molar-refractivity contribution < 1.29 is 27.4 Å². The molecule has 0 heterocycles. The Morgan fingerprint density at radius 3 is 2.68 bits per heavy atom. The van der Waals surface area contributed by atoms with Gasteiger partial charge in [0.2, 0.25) is 0 Å². The number of anilines is 1. The van der Waals surface area contributed by atoms with Gasteiger partial charge < -0.3 is 15.2 Å². The Morgan fingerprint density at radius 2 is 2.04 bits per heavy atom. The van der Waals surface area contributed by atoms with Crippen LogP contribution in [0.25, 0.3) is 0 Å². The van der Waals surface area contributed by atoms with Gasteiger partial charge in [0.1, 0.15) is 0 Å². The molecule has 0 aliphatic rings. The van der Waals surface area contributed by atoms with Crippen molar-refractivity contribution >= 4 is 33.7 Å². The number of carbonyl (C=O) groups excluding carboxylic acids is 1. The first kappa shape index (κ1) is 21.5. The summed E-state index contributed by atoms with van der Waals surface area (Å²) in [6.45, 7) is 1.81. The molecule has 2 aromatic rings. The number of halogens is 4. The van der Waals surface area contributed by atoms with Crippen molar-refractivity contribution in [2.24, 2.45) is 10.8 Å². The zero-order valence-electron chi connectivity index (χ0n) is 14.7. The smallest absolute Gasteiger partial charge is 0.416 e. The molecule has 0 aliphatic carbocycles. The van der Waals surface area contributed by atoms with E-state index >= 15 is 0 Å². The fourth-order valence-corrected chi connectivity index (χ4v) is 2.73. The third-order valence-electron chi connectivity index (χ3n) is 3.29. The summed E-state index contributed by atoms with van der Waals surface area (Å²) in [6.07, 6.45) is -3.02. The van der Waals surface area contributed by atoms with Gasteiger partial charge in [-0.2, -0.15) is 18.3 Å². The van der Waals surface area contributed by atoms with Crippen LogP contribution in [0.15, 0.2) is 46.0 Å². The third-order valence-corrected chi connectivity index (χ3v) is 3.88. The number of rotatable bonds is 8. The molecule has 0 aromatic heterocycles. The molecule has 3 N–H and O–H groups in total. The van der Waals surface area contributed by atoms with E-state index in [9.17, 15) is 18.0 Å². The molecule has 0 unspecified atom stereocenters. The number of hydrazone groups is 1. The quantitative estimate of drug-likeness (QED) is 0.458. The Bertz CT molecular complexity index is 873. The van der Waals surface area contributed by atoms with Gasteiger partial charge in [0.05, 0.1) is 28.5 Å². The van der Waals surface area contributed by atoms with Gasteiger partial charge in [-0.25, -0.2) is 0 Å². The van der Waals surface area contributed by atoms with Gasteiger partial charge >= 0.3 is 6.18 Å². The zero-order valence-corrected chi connectivity index (χ0v) is 16.3. The molecule has 0 saturated heterocycles. The van der Waals surface area contributed by atoms with E-state index in [1.807, 2.05) is 0 Å². The lowest BCUT2D eigenvalue weighted by molar-refractivity contribution is -0.137. The maximum Gasteiger partial charge on any atom is 0.416 e. The SMILES string of the molecule is CCOc1cc(C=NNc2cccc(C(F)(F)F)c2)cc(Br)c1OCC(N)=O. The minimum absolute atomic E-state index is 0.191. The van der Waals surface area contributed by atoms with Crippen LogP contribution >= 0.6 is 15.9 Å². The fourth-order valence-electron chi connectivity index (χ4n) is 2.16. The second kappa shape index (κ2) is 9.45. The number of primary amides is 1. The Balaban J connectivity index is 2.18. The molecular formula is C18H17BrF3N3O3. The average Bonchev–Trinajstić information content (AvgIpc) is 2.60. The highest BCUT2D eigenvalue weighted by atomic mass is 79.9. The summed E-state index contributed by atoms with van der Waals surface area (Å²) < 4.78 is 49.6. The van der Waals surface area contributed by atoms with E-state index in [0.717, 1.165) is 12.1 Å². The number of hydrogen-bond donors (Lipinski definition) is 2. The maximum atomic E-state index is 12.7. The van der Waals surface area contributed by atoms with E-state index in [4.69, 9.17) is 15.2 Å². The summed E-state index contributed by atoms with van der Waals surface area (Å²) in [4.78, 5) is 10.9. The first-order valence-electron chi connectivity index (χ1n) is 8.04. The number of ether oxygens (including phenoxy) is 2. The topological polar surface area (TPSA) is 85.9 Å². The van der Waals surface area contributed by atoms with Crippen LogP contribution in [0.5, 0.6) is 11.5 Å². The van der Waals surface area contributed by atoms with Crippen molar-refractivity contribution in [2.45, 2.75) is 13.1 Å². The molecule has 0 aliphatic heterocycles. The van der Waals surface area contributed by atoms with Gasteiger partial charge in [0, 0.05) is 0 Å². The van der Waals surface area contributed by atoms with Gasteiger partial charge in [-0.15, -0.1) is 0 Å². The van der Waals surface area contributed by atoms with E-state index in [1.54, 1.807) is 19.1 Å². The molecule has 0 bridgehead atoms. The number of hydrogen-bond acceptors (Lipinski definition) is 5. The van der Waals surface area contributed by atoms with Crippen molar-refractivity contribution in [2.75, 3.05) is 18.6 Å². The van der Waals surface area contributed by atoms with Crippen LogP contribution in [-0.4, -0.2) is 25.3 Å². The van der Waals surface area contributed by atoms with Crippen LogP contribution in [0.3, 0.4) is 0 Å². The van der Waals surface area contributed by atoms with Crippen molar-refractivity contribution in [3.8, 4) is 11.5 Å². The Morgan fingerprint density at radius 1 is 1.29 bits per heavy atom. The Hall–Kier alpha value is -2.75. The van der Waals surface area contributed by atoms with E-state index in [2.05, 4.69) is 26.5 Å². The summed E-state index contributed by atoms with van der Waals surface area (Å²) >= 11 is 3.32. The van der Waals surface area contributed by atoms with Crippen molar-refractivity contribution in [1.82, 2.24) is 0 Å². The highest BCUT2D eigenvalue weighted by molar-refractivity contribution is 9.10. The Labute approximate surface area is 167 Å². The number of nitrogens with zero attached hydrogens (tertiary/aromatic N) is 1. The fraction of sp³-hybridized carbons (Fsp3) is 0.222. The molecule has 10 heteroatoms. The largest absolute Gasteiger partial charge is 0.490 e. The molecular weight excluding hydrogens is 443 g/mol. The van der Waals surface area contributed by atoms with E-state index in [0.29, 0.717) is 28.1 Å². The summed E-state index contributed by atoms with van der Waals surface area (Å²) in [5.41, 5.74) is 7.64. The summed E-state index contributed by atoms with van der Waals surface area (Å²) in [7, 11) is 0. The number of nitrogens with two attached hydrogens (primary N) is 1. The Kier molecular flexibility index (Phi) is 7.27. The van der Waals surface area contributed by atoms with Crippen LogP contribution in [0.4, 0.5) is 18.9 Å². The van der Waals surface area contributed by atoms with E-state index < -0.39 is 17.6 Å². The number of nitrogens with one attached hydrogen (secondary N) is 1. The first-order valence-corrected chi connectivity index (χ1v) is 8.83. The van der Waals surface area contributed by atoms with Crippen LogP contribution < -0.4 is 20.6 Å². The lowest BCUT2D eigenvalue weighted by atomic mass is 10.2. The highest BCUT2D eigenvalue weighted by Gasteiger charge is 2.30. The summed E-state index contributed by atoms with van der Waals surface area (Å²) in [5, 5.41) is 3.95. The molecule has 150 valence electrons. The molecule has 1 amide bonds. The van der Waals surface area contributed by atoms with Gasteiger partial charge in [0.25, 0.3) is 5.91 Å². The standard InChI is InChI=1S/C18H17BrF3N3O3/c1-2-27-15-7-11(6-14(19)17(15)28-10-16(23)26)9-24-25-13-5-3-4-12(8-13)18(20,21)22/h3-9,25H,2,10H2,1H3,(H2,23,26). The minimum atomic E-state index is -4.43. The maximum absolute atomic E-state index is 12.7. The van der Waals surface area contributed by atoms with Crippen LogP contribution in [0, 0.1) is 0 Å². The van der Waals surface area contributed by atoms with Crippen molar-refractivity contribution in [3.63, 3.8) is 0 Å². The van der Waals surface area contributed by atoms with Crippen molar-refractivity contribution in [1.29, 1.82) is 0 Å². The molecule has 0 fully saturated rings. The summed E-state index contributed by atoms with van der Waals surface area (Å²) in [6, 6.07) is 7.95. The van der Waals surface area contributed by atoms with E-state index in [1.165, 1.54) is 18.3 Å². The lowest BCUT2D eigenvalue weighted by Gasteiger charge is -2.13. The second-order valence-corrected chi connectivity index (χ2v) is 6.32. The monoisotopic (exact) mass is 459 g/mol. The first-order chi connectivity index (χ1) is 13.2. The average molecular weight is 460 g/mol. The van der Waals surface area contributed by atoms with Crippen LogP contribution in [0.1, 0.15) is 18.1 Å². The van der Waals surface area contributed by atoms with Gasteiger partial charge in [-0.05, 0) is 58.7 Å². The molecule has 28 heavy (non-hydrogen) atoms. The predicted molar refractivity (Wildman–Crippen MR) is 103 cm³/mol. The number of amides is 1. The molecule has 0 spiro atoms. The second-order valence-electron chi connectivity index (χ2n) is 5.47. The molecule has 0 radical (unpaired) electrons. The number of benzene rings is 2. The predicted octanol–water partition coefficient (Wildman–Crippen LogP) is 4.18. The van der Waals surface area contributed by atoms with Gasteiger partial charge in [-0.1, -0.05) is 6.07 Å². The molecule has 6 nitrogen and oxygen atoms in total. The van der Waals surface area contributed by atoms with Crippen molar-refractivity contribution in [3.05, 3.63) is 52.0 Å². The van der Waals surface area contributed by atoms with E-state index in [-0.39, 0.29) is 12.3 Å². The normalized spacial score (nSPS) is 11.5. The molecule has 0 atom stereocenters. The van der Waals surface area contributed by atoms with Gasteiger partial charge in [-0.3, -0.25) is 10.2 Å². The zero-order chi connectivity index (χ0) is 20.7. The van der Waals surface area contributed by atoms with Crippen LogP contribution in [-0.2, 0) is 11.0 Å².